The van der Waals surface area contributed by atoms with Gasteiger partial charge in [0, 0.05) is 29.6 Å². The van der Waals surface area contributed by atoms with E-state index >= 15 is 0 Å². The lowest BCUT2D eigenvalue weighted by Crippen LogP contribution is -2.40. The van der Waals surface area contributed by atoms with Gasteiger partial charge in [-0.05, 0) is 13.8 Å². The molecule has 0 amide bonds. The Morgan fingerprint density at radius 1 is 0.759 bits per heavy atom. The number of benzene rings is 2. The highest BCUT2D eigenvalue weighted by Gasteiger charge is 2.16. The Kier molecular flexibility index (Phi) is 10.4. The molecule has 29 heavy (non-hydrogen) atoms. The number of Topliss-reactive ketones (excluding diaryl/α,β-unsaturated/α-hetero) is 4. The van der Waals surface area contributed by atoms with E-state index in [9.17, 15) is 19.2 Å². The number of hydrogen-bond acceptors (Lipinski definition) is 6. The second kappa shape index (κ2) is 12.5. The molecule has 2 atom stereocenters. The van der Waals surface area contributed by atoms with Crippen molar-refractivity contribution in [1.82, 2.24) is 0 Å². The molecule has 2 aromatic rings. The van der Waals surface area contributed by atoms with Crippen molar-refractivity contribution < 1.29 is 19.2 Å². The van der Waals surface area contributed by atoms with E-state index < -0.39 is 0 Å². The van der Waals surface area contributed by atoms with Gasteiger partial charge >= 0.3 is 0 Å². The molecule has 4 N–H and O–H groups in total. The summed E-state index contributed by atoms with van der Waals surface area (Å²) in [4.78, 5) is 45.1. The fourth-order valence-electron chi connectivity index (χ4n) is 2.38. The van der Waals surface area contributed by atoms with Crippen LogP contribution in [0, 0.1) is 0 Å². The standard InChI is InChI=1S/C13H18N2O2.C10H10O2/c1-9(14)12(15)7-11(16)8-13(17)10-5-3-2-4-6-10;1-8(11)7-10(12)9-5-3-2-4-6-9/h2-6,9,12H,7-8,14-15H2,1H3;2-6H,7H2,1H3. The van der Waals surface area contributed by atoms with Crippen molar-refractivity contribution in [3.05, 3.63) is 71.8 Å². The van der Waals surface area contributed by atoms with E-state index in [0.717, 1.165) is 0 Å². The Bertz CT molecular complexity index is 817. The van der Waals surface area contributed by atoms with E-state index in [-0.39, 0.29) is 54.5 Å². The first-order valence-electron chi connectivity index (χ1n) is 9.39. The van der Waals surface area contributed by atoms with Gasteiger partial charge in [-0.15, -0.1) is 0 Å². The average Bonchev–Trinajstić information content (AvgIpc) is 2.69. The van der Waals surface area contributed by atoms with E-state index in [2.05, 4.69) is 0 Å². The van der Waals surface area contributed by atoms with Crippen LogP contribution in [-0.2, 0) is 9.59 Å². The summed E-state index contributed by atoms with van der Waals surface area (Å²) in [6.45, 7) is 3.16. The predicted molar refractivity (Wildman–Crippen MR) is 113 cm³/mol. The number of hydrogen-bond donors (Lipinski definition) is 2. The van der Waals surface area contributed by atoms with Gasteiger partial charge in [-0.1, -0.05) is 60.7 Å². The zero-order chi connectivity index (χ0) is 21.8. The van der Waals surface area contributed by atoms with E-state index in [4.69, 9.17) is 11.5 Å². The van der Waals surface area contributed by atoms with Crippen LogP contribution >= 0.6 is 0 Å². The summed E-state index contributed by atoms with van der Waals surface area (Å²) in [6.07, 6.45) is 0.0463. The van der Waals surface area contributed by atoms with Gasteiger partial charge in [0.25, 0.3) is 0 Å². The van der Waals surface area contributed by atoms with Crippen molar-refractivity contribution in [2.75, 3.05) is 0 Å². The average molecular weight is 396 g/mol. The monoisotopic (exact) mass is 396 g/mol. The highest BCUT2D eigenvalue weighted by molar-refractivity contribution is 6.08. The van der Waals surface area contributed by atoms with Crippen molar-refractivity contribution in [2.45, 2.75) is 45.2 Å². The smallest absolute Gasteiger partial charge is 0.170 e. The quantitative estimate of drug-likeness (QED) is 0.497. The Hall–Kier alpha value is -2.96. The van der Waals surface area contributed by atoms with Gasteiger partial charge in [0.05, 0.1) is 12.8 Å². The number of carbonyl (C=O) groups is 4. The Labute approximate surface area is 171 Å². The van der Waals surface area contributed by atoms with Crippen LogP contribution in [0.5, 0.6) is 0 Å². The van der Waals surface area contributed by atoms with Gasteiger partial charge in [0.15, 0.2) is 11.6 Å². The summed E-state index contributed by atoms with van der Waals surface area (Å²) in [5.41, 5.74) is 12.4. The van der Waals surface area contributed by atoms with Crippen LogP contribution in [0.1, 0.15) is 53.8 Å². The van der Waals surface area contributed by atoms with Gasteiger partial charge in [-0.2, -0.15) is 0 Å². The molecule has 0 saturated carbocycles. The van der Waals surface area contributed by atoms with Gasteiger partial charge < -0.3 is 11.5 Å². The molecule has 0 fully saturated rings. The lowest BCUT2D eigenvalue weighted by Gasteiger charge is -2.14. The Morgan fingerprint density at radius 3 is 1.55 bits per heavy atom. The molecule has 0 heterocycles. The molecule has 0 aromatic heterocycles. The molecule has 6 nitrogen and oxygen atoms in total. The van der Waals surface area contributed by atoms with Crippen LogP contribution in [0.3, 0.4) is 0 Å². The third-order valence-corrected chi connectivity index (χ3v) is 4.10. The number of nitrogens with two attached hydrogens (primary N) is 2. The first kappa shape index (κ1) is 24.1. The van der Waals surface area contributed by atoms with Crippen molar-refractivity contribution >= 4 is 23.1 Å². The number of rotatable bonds is 9. The Morgan fingerprint density at radius 2 is 1.17 bits per heavy atom. The van der Waals surface area contributed by atoms with Crippen LogP contribution < -0.4 is 11.5 Å². The van der Waals surface area contributed by atoms with Crippen LogP contribution in [0.2, 0.25) is 0 Å². The molecule has 0 aliphatic heterocycles. The third kappa shape index (κ3) is 9.69. The molecular weight excluding hydrogens is 368 g/mol. The molecule has 2 unspecified atom stereocenters. The molecule has 2 rings (SSSR count). The molecular formula is C23H28N2O4. The van der Waals surface area contributed by atoms with Gasteiger partial charge in [0.1, 0.15) is 11.6 Å². The lowest BCUT2D eigenvalue weighted by atomic mass is 10.00. The van der Waals surface area contributed by atoms with Crippen molar-refractivity contribution in [2.24, 2.45) is 11.5 Å². The maximum Gasteiger partial charge on any atom is 0.170 e. The lowest BCUT2D eigenvalue weighted by molar-refractivity contribution is -0.118. The summed E-state index contributed by atoms with van der Waals surface area (Å²) in [6, 6.07) is 17.0. The maximum absolute atomic E-state index is 11.7. The predicted octanol–water partition coefficient (Wildman–Crippen LogP) is 2.74. The number of carbonyl (C=O) groups excluding carboxylic acids is 4. The van der Waals surface area contributed by atoms with Gasteiger partial charge in [-0.25, -0.2) is 0 Å². The molecule has 0 spiro atoms. The van der Waals surface area contributed by atoms with Crippen LogP contribution in [0.4, 0.5) is 0 Å². The molecule has 0 radical (unpaired) electrons. The highest BCUT2D eigenvalue weighted by atomic mass is 16.2. The van der Waals surface area contributed by atoms with Crippen LogP contribution in [0.25, 0.3) is 0 Å². The topological polar surface area (TPSA) is 120 Å². The Balaban J connectivity index is 0.000000308. The minimum absolute atomic E-state index is 0.00398. The second-order valence-corrected chi connectivity index (χ2v) is 6.90. The van der Waals surface area contributed by atoms with E-state index in [1.165, 1.54) is 6.92 Å². The summed E-state index contributed by atoms with van der Waals surface area (Å²) < 4.78 is 0. The largest absolute Gasteiger partial charge is 0.327 e. The minimum atomic E-state index is -0.383. The van der Waals surface area contributed by atoms with Crippen LogP contribution in [0.15, 0.2) is 60.7 Å². The molecule has 0 aliphatic rings. The summed E-state index contributed by atoms with van der Waals surface area (Å²) in [5.74, 6) is -0.539. The number of ketones is 4. The minimum Gasteiger partial charge on any atom is -0.327 e. The molecule has 154 valence electrons. The zero-order valence-corrected chi connectivity index (χ0v) is 16.8. The third-order valence-electron chi connectivity index (χ3n) is 4.10. The van der Waals surface area contributed by atoms with Crippen molar-refractivity contribution in [1.29, 1.82) is 0 Å². The SMILES string of the molecule is CC(=O)CC(=O)c1ccccc1.CC(N)C(N)CC(=O)CC(=O)c1ccccc1. The van der Waals surface area contributed by atoms with E-state index in [1.54, 1.807) is 55.5 Å². The first-order valence-corrected chi connectivity index (χ1v) is 9.39. The van der Waals surface area contributed by atoms with Crippen LogP contribution in [-0.4, -0.2) is 35.2 Å². The molecule has 0 aliphatic carbocycles. The normalized spacial score (nSPS) is 12.1. The van der Waals surface area contributed by atoms with E-state index in [1.807, 2.05) is 12.1 Å². The highest BCUT2D eigenvalue weighted by Crippen LogP contribution is 2.06. The fourth-order valence-corrected chi connectivity index (χ4v) is 2.38. The molecule has 0 bridgehead atoms. The maximum atomic E-state index is 11.7. The van der Waals surface area contributed by atoms with Gasteiger partial charge in [0.2, 0.25) is 0 Å². The van der Waals surface area contributed by atoms with E-state index in [0.29, 0.717) is 11.1 Å². The van der Waals surface area contributed by atoms with Gasteiger partial charge in [-0.3, -0.25) is 19.2 Å². The summed E-state index contributed by atoms with van der Waals surface area (Å²) >= 11 is 0. The summed E-state index contributed by atoms with van der Waals surface area (Å²) in [5, 5.41) is 0. The molecule has 6 heteroatoms. The molecule has 2 aromatic carbocycles. The summed E-state index contributed by atoms with van der Waals surface area (Å²) in [7, 11) is 0. The molecule has 0 saturated heterocycles. The first-order chi connectivity index (χ1) is 13.7. The fraction of sp³-hybridized carbons (Fsp3) is 0.304. The van der Waals surface area contributed by atoms with Crippen molar-refractivity contribution in [3.8, 4) is 0 Å². The van der Waals surface area contributed by atoms with Crippen molar-refractivity contribution in [3.63, 3.8) is 0 Å². The zero-order valence-electron chi connectivity index (χ0n) is 16.8. The second-order valence-electron chi connectivity index (χ2n) is 6.90.